The standard InChI is InChI=1S/C28H44N2O8Si2/c1-7-25(31)35-19-15-29-27(33)37-17-9-21-39(3,4)23-11-13-24(14-12-23)40(5,6)22-10-18-38-28(34)30-16-20-36-26(32)8-2/h7-8,11-14H,1-2,9-10,15-22H2,3-6H3,(H,29,33)(H,30,34). The monoisotopic (exact) mass is 592 g/mol. The fraction of sp³-hybridized carbons (Fsp3) is 0.500. The van der Waals surface area contributed by atoms with Crippen LogP contribution in [0.2, 0.25) is 38.3 Å². The minimum atomic E-state index is -1.71. The predicted molar refractivity (Wildman–Crippen MR) is 161 cm³/mol. The average Bonchev–Trinajstić information content (AvgIpc) is 2.93. The number of amides is 2. The molecule has 0 aliphatic carbocycles. The highest BCUT2D eigenvalue weighted by molar-refractivity contribution is 6.91. The number of carbonyl (C=O) groups is 4. The molecule has 1 aromatic carbocycles. The summed E-state index contributed by atoms with van der Waals surface area (Å²) in [7, 11) is -3.42. The van der Waals surface area contributed by atoms with Crippen LogP contribution in [0.1, 0.15) is 12.8 Å². The Balaban J connectivity index is 2.36. The Morgan fingerprint density at radius 2 is 1.00 bits per heavy atom. The van der Waals surface area contributed by atoms with Crippen molar-refractivity contribution in [3.63, 3.8) is 0 Å². The smallest absolute Gasteiger partial charge is 0.407 e. The third-order valence-electron chi connectivity index (χ3n) is 6.37. The van der Waals surface area contributed by atoms with E-state index in [0.717, 1.165) is 37.1 Å². The number of hydrogen-bond acceptors (Lipinski definition) is 8. The summed E-state index contributed by atoms with van der Waals surface area (Å²) in [4.78, 5) is 45.5. The summed E-state index contributed by atoms with van der Waals surface area (Å²) in [6, 6.07) is 10.9. The molecule has 0 aliphatic rings. The molecule has 12 heteroatoms. The summed E-state index contributed by atoms with van der Waals surface area (Å²) in [5.41, 5.74) is 0. The molecule has 2 N–H and O–H groups in total. The second-order valence-electron chi connectivity index (χ2n) is 10.4. The molecule has 0 saturated heterocycles. The van der Waals surface area contributed by atoms with Gasteiger partial charge in [0.05, 0.1) is 42.5 Å². The fourth-order valence-electron chi connectivity index (χ4n) is 3.85. The Labute approximate surface area is 239 Å². The molecule has 2 amide bonds. The van der Waals surface area contributed by atoms with Gasteiger partial charge in [0.15, 0.2) is 0 Å². The molecule has 0 radical (unpaired) electrons. The average molecular weight is 593 g/mol. The molecule has 0 saturated carbocycles. The van der Waals surface area contributed by atoms with Crippen LogP contribution in [-0.4, -0.2) is 79.8 Å². The van der Waals surface area contributed by atoms with Crippen LogP contribution < -0.4 is 21.0 Å². The minimum absolute atomic E-state index is 0.0679. The fourth-order valence-corrected chi connectivity index (χ4v) is 8.62. The molecular weight excluding hydrogens is 548 g/mol. The Hall–Kier alpha value is -3.39. The van der Waals surface area contributed by atoms with E-state index in [1.54, 1.807) is 0 Å². The van der Waals surface area contributed by atoms with Gasteiger partial charge in [0, 0.05) is 12.2 Å². The van der Waals surface area contributed by atoms with Crippen molar-refractivity contribution in [1.82, 2.24) is 10.6 Å². The number of nitrogens with one attached hydrogen (secondary N) is 2. The van der Waals surface area contributed by atoms with Gasteiger partial charge in [-0.15, -0.1) is 0 Å². The largest absolute Gasteiger partial charge is 0.461 e. The first-order chi connectivity index (χ1) is 18.9. The van der Waals surface area contributed by atoms with Gasteiger partial charge < -0.3 is 29.6 Å². The second-order valence-corrected chi connectivity index (χ2v) is 20.1. The van der Waals surface area contributed by atoms with E-state index in [4.69, 9.17) is 18.9 Å². The molecule has 0 unspecified atom stereocenters. The highest BCUT2D eigenvalue weighted by atomic mass is 28.3. The van der Waals surface area contributed by atoms with E-state index in [1.807, 2.05) is 0 Å². The first-order valence-electron chi connectivity index (χ1n) is 13.4. The van der Waals surface area contributed by atoms with Crippen LogP contribution in [0.15, 0.2) is 49.6 Å². The number of alkyl carbamates (subject to hydrolysis) is 2. The maximum absolute atomic E-state index is 11.8. The van der Waals surface area contributed by atoms with Crippen molar-refractivity contribution in [3.8, 4) is 0 Å². The van der Waals surface area contributed by atoms with Crippen molar-refractivity contribution >= 4 is 50.6 Å². The molecule has 1 aromatic rings. The van der Waals surface area contributed by atoms with Gasteiger partial charge in [-0.3, -0.25) is 0 Å². The number of carbonyl (C=O) groups excluding carboxylic acids is 4. The molecule has 0 heterocycles. The summed E-state index contributed by atoms with van der Waals surface area (Å²) in [5, 5.41) is 7.81. The summed E-state index contributed by atoms with van der Waals surface area (Å²) in [5.74, 6) is -1.06. The predicted octanol–water partition coefficient (Wildman–Crippen LogP) is 3.21. The van der Waals surface area contributed by atoms with Gasteiger partial charge in [-0.1, -0.05) is 86.1 Å². The zero-order chi connectivity index (χ0) is 30.0. The van der Waals surface area contributed by atoms with Gasteiger partial charge in [0.1, 0.15) is 13.2 Å². The summed E-state index contributed by atoms with van der Waals surface area (Å²) >= 11 is 0. The first-order valence-corrected chi connectivity index (χ1v) is 19.8. The van der Waals surface area contributed by atoms with E-state index in [2.05, 4.69) is 74.2 Å². The molecule has 0 atom stereocenters. The lowest BCUT2D eigenvalue weighted by atomic mass is 10.4. The van der Waals surface area contributed by atoms with Gasteiger partial charge in [-0.05, 0) is 12.8 Å². The van der Waals surface area contributed by atoms with Crippen LogP contribution >= 0.6 is 0 Å². The lowest BCUT2D eigenvalue weighted by molar-refractivity contribution is -0.138. The summed E-state index contributed by atoms with van der Waals surface area (Å²) < 4.78 is 20.0. The molecule has 222 valence electrons. The normalized spacial score (nSPS) is 11.1. The molecule has 0 spiro atoms. The van der Waals surface area contributed by atoms with Crippen LogP contribution in [0, 0.1) is 0 Å². The van der Waals surface area contributed by atoms with Crippen LogP contribution in [0.25, 0.3) is 0 Å². The van der Waals surface area contributed by atoms with Gasteiger partial charge in [0.2, 0.25) is 0 Å². The van der Waals surface area contributed by atoms with E-state index in [0.29, 0.717) is 13.2 Å². The van der Waals surface area contributed by atoms with Crippen LogP contribution in [0.5, 0.6) is 0 Å². The lowest BCUT2D eigenvalue weighted by Gasteiger charge is -2.26. The highest BCUT2D eigenvalue weighted by Gasteiger charge is 2.26. The number of rotatable bonds is 18. The summed E-state index contributed by atoms with van der Waals surface area (Å²) in [6.45, 7) is 17.0. The highest BCUT2D eigenvalue weighted by Crippen LogP contribution is 2.15. The molecule has 0 bridgehead atoms. The SMILES string of the molecule is C=CC(=O)OCCNC(=O)OCCC[Si](C)(C)c1ccc([Si](C)(C)CCCOC(=O)NCCOC(=O)C=C)cc1. The Morgan fingerprint density at radius 1 is 0.650 bits per heavy atom. The molecule has 10 nitrogen and oxygen atoms in total. The van der Waals surface area contributed by atoms with Crippen molar-refractivity contribution in [3.05, 3.63) is 49.6 Å². The molecular formula is C28H44N2O8Si2. The number of esters is 2. The number of benzene rings is 1. The van der Waals surface area contributed by atoms with E-state index in [1.165, 1.54) is 10.4 Å². The van der Waals surface area contributed by atoms with E-state index in [-0.39, 0.29) is 26.3 Å². The van der Waals surface area contributed by atoms with E-state index in [9.17, 15) is 19.2 Å². The van der Waals surface area contributed by atoms with Crippen LogP contribution in [0.4, 0.5) is 9.59 Å². The quantitative estimate of drug-likeness (QED) is 0.0874. The summed E-state index contributed by atoms with van der Waals surface area (Å²) in [6.07, 6.45) is 2.63. The molecule has 40 heavy (non-hydrogen) atoms. The van der Waals surface area contributed by atoms with Gasteiger partial charge >= 0.3 is 24.1 Å². The molecule has 0 aromatic heterocycles. The van der Waals surface area contributed by atoms with Gasteiger partial charge in [-0.2, -0.15) is 0 Å². The third kappa shape index (κ3) is 14.1. The zero-order valence-corrected chi connectivity index (χ0v) is 26.2. The third-order valence-corrected chi connectivity index (χ3v) is 13.4. The van der Waals surface area contributed by atoms with Gasteiger partial charge in [0.25, 0.3) is 0 Å². The van der Waals surface area contributed by atoms with Crippen LogP contribution in [-0.2, 0) is 28.5 Å². The van der Waals surface area contributed by atoms with Gasteiger partial charge in [-0.25, -0.2) is 19.2 Å². The van der Waals surface area contributed by atoms with Crippen molar-refractivity contribution < 1.29 is 38.1 Å². The Kier molecular flexibility index (Phi) is 15.6. The van der Waals surface area contributed by atoms with Crippen LogP contribution in [0.3, 0.4) is 0 Å². The van der Waals surface area contributed by atoms with Crippen molar-refractivity contribution in [2.75, 3.05) is 39.5 Å². The van der Waals surface area contributed by atoms with E-state index >= 15 is 0 Å². The van der Waals surface area contributed by atoms with Crippen molar-refractivity contribution in [2.24, 2.45) is 0 Å². The maximum atomic E-state index is 11.8. The Morgan fingerprint density at radius 3 is 1.32 bits per heavy atom. The lowest BCUT2D eigenvalue weighted by Crippen LogP contribution is -2.45. The van der Waals surface area contributed by atoms with Crippen molar-refractivity contribution in [2.45, 2.75) is 51.1 Å². The maximum Gasteiger partial charge on any atom is 0.407 e. The Bertz CT molecular complexity index is 918. The number of hydrogen-bond donors (Lipinski definition) is 2. The van der Waals surface area contributed by atoms with Crippen molar-refractivity contribution in [1.29, 1.82) is 0 Å². The molecule has 0 aliphatic heterocycles. The number of ether oxygens (including phenoxy) is 4. The molecule has 0 fully saturated rings. The second kappa shape index (κ2) is 18.1. The minimum Gasteiger partial charge on any atom is -0.461 e. The topological polar surface area (TPSA) is 129 Å². The molecule has 1 rings (SSSR count). The van der Waals surface area contributed by atoms with E-state index < -0.39 is 40.3 Å². The zero-order valence-electron chi connectivity index (χ0n) is 24.2. The first kappa shape index (κ1) is 34.6.